The minimum Gasteiger partial charge on any atom is -0.385 e. The van der Waals surface area contributed by atoms with Gasteiger partial charge < -0.3 is 15.0 Å². The molecule has 1 N–H and O–H groups in total. The van der Waals surface area contributed by atoms with E-state index < -0.39 is 0 Å². The number of hydrogen-bond acceptors (Lipinski definition) is 3. The van der Waals surface area contributed by atoms with Crippen molar-refractivity contribution in [1.29, 1.82) is 0 Å². The molecule has 0 aromatic heterocycles. The van der Waals surface area contributed by atoms with Crippen LogP contribution in [0.1, 0.15) is 29.8 Å². The first-order valence-electron chi connectivity index (χ1n) is 6.76. The monoisotopic (exact) mass is 264 g/mol. The fraction of sp³-hybridized carbons (Fsp3) is 0.533. The molecule has 0 saturated carbocycles. The van der Waals surface area contributed by atoms with Crippen LogP contribution in [0.15, 0.2) is 18.2 Å². The summed E-state index contributed by atoms with van der Waals surface area (Å²) >= 11 is 0. The number of carbonyl (C=O) groups is 1. The Labute approximate surface area is 115 Å². The van der Waals surface area contributed by atoms with Gasteiger partial charge in [0, 0.05) is 32.4 Å². The molecule has 4 nitrogen and oxygen atoms in total. The molecule has 0 aliphatic rings. The second kappa shape index (κ2) is 7.79. The van der Waals surface area contributed by atoms with Gasteiger partial charge in [-0.25, -0.2) is 0 Å². The van der Waals surface area contributed by atoms with Gasteiger partial charge in [-0.05, 0) is 32.9 Å². The maximum Gasteiger partial charge on any atom is 0.256 e. The van der Waals surface area contributed by atoms with E-state index in [4.69, 9.17) is 4.74 Å². The third-order valence-corrected chi connectivity index (χ3v) is 3.01. The van der Waals surface area contributed by atoms with E-state index in [1.807, 2.05) is 39.0 Å². The van der Waals surface area contributed by atoms with Crippen molar-refractivity contribution in [3.63, 3.8) is 0 Å². The van der Waals surface area contributed by atoms with Crippen molar-refractivity contribution in [2.45, 2.75) is 20.8 Å². The van der Waals surface area contributed by atoms with Gasteiger partial charge >= 0.3 is 0 Å². The highest BCUT2D eigenvalue weighted by Crippen LogP contribution is 2.19. The zero-order valence-corrected chi connectivity index (χ0v) is 12.3. The minimum atomic E-state index is 0.0548. The zero-order chi connectivity index (χ0) is 14.3. The summed E-state index contributed by atoms with van der Waals surface area (Å²) in [6.07, 6.45) is 0. The third-order valence-electron chi connectivity index (χ3n) is 3.01. The van der Waals surface area contributed by atoms with Gasteiger partial charge in [0.1, 0.15) is 0 Å². The zero-order valence-electron chi connectivity index (χ0n) is 12.3. The summed E-state index contributed by atoms with van der Waals surface area (Å²) in [4.78, 5) is 14.4. The average molecular weight is 264 g/mol. The molecular formula is C15H24N2O2. The van der Waals surface area contributed by atoms with E-state index in [2.05, 4.69) is 5.32 Å². The van der Waals surface area contributed by atoms with Crippen molar-refractivity contribution in [2.24, 2.45) is 0 Å². The Morgan fingerprint density at radius 2 is 2.11 bits per heavy atom. The highest BCUT2D eigenvalue weighted by molar-refractivity contribution is 5.99. The fourth-order valence-corrected chi connectivity index (χ4v) is 1.95. The van der Waals surface area contributed by atoms with E-state index in [9.17, 15) is 4.79 Å². The minimum absolute atomic E-state index is 0.0548. The molecule has 1 aromatic carbocycles. The molecule has 19 heavy (non-hydrogen) atoms. The van der Waals surface area contributed by atoms with Gasteiger partial charge in [0.15, 0.2) is 0 Å². The summed E-state index contributed by atoms with van der Waals surface area (Å²) in [5, 5.41) is 3.24. The van der Waals surface area contributed by atoms with Crippen molar-refractivity contribution in [3.05, 3.63) is 29.3 Å². The van der Waals surface area contributed by atoms with Crippen LogP contribution in [0.2, 0.25) is 0 Å². The van der Waals surface area contributed by atoms with E-state index in [1.165, 1.54) is 0 Å². The van der Waals surface area contributed by atoms with Gasteiger partial charge in [0.25, 0.3) is 5.91 Å². The van der Waals surface area contributed by atoms with Crippen LogP contribution in [0.25, 0.3) is 0 Å². The highest BCUT2D eigenvalue weighted by atomic mass is 16.5. The predicted octanol–water partition coefficient (Wildman–Crippen LogP) is 2.54. The van der Waals surface area contributed by atoms with Gasteiger partial charge in [0.2, 0.25) is 0 Å². The van der Waals surface area contributed by atoms with Crippen molar-refractivity contribution in [2.75, 3.05) is 38.7 Å². The van der Waals surface area contributed by atoms with E-state index >= 15 is 0 Å². The van der Waals surface area contributed by atoms with E-state index in [-0.39, 0.29) is 5.91 Å². The number of ether oxygens (including phenoxy) is 1. The normalized spacial score (nSPS) is 10.3. The van der Waals surface area contributed by atoms with Crippen LogP contribution in [0.4, 0.5) is 5.69 Å². The lowest BCUT2D eigenvalue weighted by Gasteiger charge is -2.22. The summed E-state index contributed by atoms with van der Waals surface area (Å²) in [5.41, 5.74) is 2.72. The molecule has 0 saturated heterocycles. The van der Waals surface area contributed by atoms with Crippen molar-refractivity contribution in [1.82, 2.24) is 4.90 Å². The Morgan fingerprint density at radius 1 is 1.37 bits per heavy atom. The summed E-state index contributed by atoms with van der Waals surface area (Å²) < 4.78 is 5.05. The number of methoxy groups -OCH3 is 1. The third kappa shape index (κ3) is 4.24. The lowest BCUT2D eigenvalue weighted by Crippen LogP contribution is -2.34. The number of hydrogen-bond donors (Lipinski definition) is 1. The lowest BCUT2D eigenvalue weighted by molar-refractivity contribution is 0.0707. The van der Waals surface area contributed by atoms with Gasteiger partial charge in [-0.2, -0.15) is 0 Å². The van der Waals surface area contributed by atoms with Crippen LogP contribution in [-0.2, 0) is 4.74 Å². The molecule has 1 amide bonds. The molecule has 0 radical (unpaired) electrons. The second-order valence-corrected chi connectivity index (χ2v) is 4.46. The Kier molecular flexibility index (Phi) is 6.36. The molecule has 0 heterocycles. The number of rotatable bonds is 7. The number of nitrogens with one attached hydrogen (secondary N) is 1. The van der Waals surface area contributed by atoms with Crippen LogP contribution < -0.4 is 5.32 Å². The molecule has 1 aromatic rings. The van der Waals surface area contributed by atoms with E-state index in [0.29, 0.717) is 19.7 Å². The first-order chi connectivity index (χ1) is 9.13. The van der Waals surface area contributed by atoms with Crippen LogP contribution in [0, 0.1) is 6.92 Å². The quantitative estimate of drug-likeness (QED) is 0.823. The first kappa shape index (κ1) is 15.5. The van der Waals surface area contributed by atoms with Crippen molar-refractivity contribution in [3.8, 4) is 0 Å². The Bertz CT molecular complexity index is 419. The van der Waals surface area contributed by atoms with Gasteiger partial charge in [-0.3, -0.25) is 4.79 Å². The SMILES string of the molecule is CCNc1ccc(C)cc1C(=O)N(CC)CCOC. The number of benzene rings is 1. The smallest absolute Gasteiger partial charge is 0.256 e. The molecule has 0 bridgehead atoms. The summed E-state index contributed by atoms with van der Waals surface area (Å²) in [5.74, 6) is 0.0548. The molecule has 1 rings (SSSR count). The number of aryl methyl sites for hydroxylation is 1. The molecule has 0 unspecified atom stereocenters. The number of anilines is 1. The molecule has 0 aliphatic carbocycles. The van der Waals surface area contributed by atoms with Crippen LogP contribution in [0.5, 0.6) is 0 Å². The highest BCUT2D eigenvalue weighted by Gasteiger charge is 2.17. The molecule has 0 aliphatic heterocycles. The topological polar surface area (TPSA) is 41.6 Å². The number of nitrogens with zero attached hydrogens (tertiary/aromatic N) is 1. The van der Waals surface area contributed by atoms with Crippen LogP contribution >= 0.6 is 0 Å². The largest absolute Gasteiger partial charge is 0.385 e. The van der Waals surface area contributed by atoms with E-state index in [0.717, 1.165) is 23.4 Å². The summed E-state index contributed by atoms with van der Waals surface area (Å²) in [6, 6.07) is 5.92. The van der Waals surface area contributed by atoms with Gasteiger partial charge in [0.05, 0.1) is 12.2 Å². The second-order valence-electron chi connectivity index (χ2n) is 4.46. The molecule has 0 atom stereocenters. The maximum atomic E-state index is 12.6. The Morgan fingerprint density at radius 3 is 2.68 bits per heavy atom. The fourth-order valence-electron chi connectivity index (χ4n) is 1.95. The molecular weight excluding hydrogens is 240 g/mol. The Balaban J connectivity index is 2.98. The van der Waals surface area contributed by atoms with Crippen molar-refractivity contribution >= 4 is 11.6 Å². The average Bonchev–Trinajstić information content (AvgIpc) is 2.41. The van der Waals surface area contributed by atoms with E-state index in [1.54, 1.807) is 12.0 Å². The predicted molar refractivity (Wildman–Crippen MR) is 78.8 cm³/mol. The standard InChI is InChI=1S/C15H24N2O2/c1-5-16-14-8-7-12(3)11-13(14)15(18)17(6-2)9-10-19-4/h7-8,11,16H,5-6,9-10H2,1-4H3. The summed E-state index contributed by atoms with van der Waals surface area (Å²) in [7, 11) is 1.65. The number of carbonyl (C=O) groups excluding carboxylic acids is 1. The van der Waals surface area contributed by atoms with Crippen LogP contribution in [0.3, 0.4) is 0 Å². The molecule has 0 fully saturated rings. The van der Waals surface area contributed by atoms with Gasteiger partial charge in [-0.1, -0.05) is 11.6 Å². The lowest BCUT2D eigenvalue weighted by atomic mass is 10.1. The molecule has 4 heteroatoms. The summed E-state index contributed by atoms with van der Waals surface area (Å²) in [6.45, 7) is 8.66. The first-order valence-corrected chi connectivity index (χ1v) is 6.76. The Hall–Kier alpha value is -1.55. The van der Waals surface area contributed by atoms with Crippen LogP contribution in [-0.4, -0.2) is 44.2 Å². The number of amides is 1. The van der Waals surface area contributed by atoms with Crippen molar-refractivity contribution < 1.29 is 9.53 Å². The van der Waals surface area contributed by atoms with Gasteiger partial charge in [-0.15, -0.1) is 0 Å². The molecule has 106 valence electrons. The number of likely N-dealkylation sites (N-methyl/N-ethyl adjacent to an activating group) is 1. The molecule has 0 spiro atoms. The maximum absolute atomic E-state index is 12.6.